The minimum Gasteiger partial charge on any atom is -0.493 e. The Kier molecular flexibility index (Phi) is 13.5. The van der Waals surface area contributed by atoms with E-state index in [2.05, 4.69) is 22.5 Å². The highest BCUT2D eigenvalue weighted by Crippen LogP contribution is 2.18. The van der Waals surface area contributed by atoms with Crippen molar-refractivity contribution in [2.45, 2.75) is 52.0 Å². The smallest absolute Gasteiger partial charge is 0.224 e. The minimum atomic E-state index is 0. The highest BCUT2D eigenvalue weighted by Gasteiger charge is 2.22. The molecular formula is C22H37IN4O3. The van der Waals surface area contributed by atoms with Crippen LogP contribution in [0.5, 0.6) is 5.75 Å². The monoisotopic (exact) mass is 532 g/mol. The lowest BCUT2D eigenvalue weighted by Crippen LogP contribution is -2.42. The van der Waals surface area contributed by atoms with Crippen LogP contribution >= 0.6 is 24.0 Å². The Bertz CT molecular complexity index is 657. The summed E-state index contributed by atoms with van der Waals surface area (Å²) in [5.41, 5.74) is 0.893. The third-order valence-corrected chi connectivity index (χ3v) is 4.92. The average Bonchev–Trinajstić information content (AvgIpc) is 2.72. The molecule has 1 atom stereocenters. The van der Waals surface area contributed by atoms with Crippen molar-refractivity contribution in [2.75, 3.05) is 45.3 Å². The van der Waals surface area contributed by atoms with Crippen LogP contribution in [0.3, 0.4) is 0 Å². The molecule has 8 heteroatoms. The maximum absolute atomic E-state index is 12.5. The molecule has 30 heavy (non-hydrogen) atoms. The number of hydrogen-bond acceptors (Lipinski definition) is 4. The first-order chi connectivity index (χ1) is 14.1. The van der Waals surface area contributed by atoms with Crippen molar-refractivity contribution in [3.63, 3.8) is 0 Å². The predicted molar refractivity (Wildman–Crippen MR) is 133 cm³/mol. The molecule has 1 aliphatic rings. The number of ether oxygens (including phenoxy) is 2. The van der Waals surface area contributed by atoms with Crippen LogP contribution in [0.4, 0.5) is 5.69 Å². The third kappa shape index (κ3) is 9.51. The van der Waals surface area contributed by atoms with Gasteiger partial charge in [-0.05, 0) is 45.2 Å². The lowest BCUT2D eigenvalue weighted by Gasteiger charge is -2.33. The Hall–Kier alpha value is -1.55. The van der Waals surface area contributed by atoms with Crippen LogP contribution in [0, 0.1) is 0 Å². The molecule has 0 aromatic heterocycles. The number of nitrogens with zero attached hydrogens (tertiary/aromatic N) is 2. The van der Waals surface area contributed by atoms with Crippen LogP contribution in [0.2, 0.25) is 0 Å². The van der Waals surface area contributed by atoms with Gasteiger partial charge in [-0.3, -0.25) is 9.79 Å². The molecular weight excluding hydrogens is 495 g/mol. The van der Waals surface area contributed by atoms with Gasteiger partial charge in [0.15, 0.2) is 5.96 Å². The Balaban J connectivity index is 0.00000450. The molecule has 1 fully saturated rings. The summed E-state index contributed by atoms with van der Waals surface area (Å²) in [6.45, 7) is 7.54. The first kappa shape index (κ1) is 26.5. The van der Waals surface area contributed by atoms with Gasteiger partial charge < -0.3 is 25.0 Å². The van der Waals surface area contributed by atoms with E-state index in [1.54, 1.807) is 7.11 Å². The maximum Gasteiger partial charge on any atom is 0.224 e. The van der Waals surface area contributed by atoms with Crippen molar-refractivity contribution in [1.29, 1.82) is 0 Å². The largest absolute Gasteiger partial charge is 0.493 e. The number of anilines is 1. The van der Waals surface area contributed by atoms with Gasteiger partial charge in [-0.15, -0.1) is 24.0 Å². The van der Waals surface area contributed by atoms with Gasteiger partial charge in [-0.25, -0.2) is 0 Å². The predicted octanol–water partition coefficient (Wildman–Crippen LogP) is 3.89. The molecule has 2 N–H and O–H groups in total. The van der Waals surface area contributed by atoms with Crippen molar-refractivity contribution in [1.82, 2.24) is 10.2 Å². The molecule has 1 saturated heterocycles. The molecule has 1 amide bonds. The zero-order chi connectivity index (χ0) is 20.9. The first-order valence-electron chi connectivity index (χ1n) is 10.7. The summed E-state index contributed by atoms with van der Waals surface area (Å²) in [7, 11) is 1.69. The van der Waals surface area contributed by atoms with E-state index < -0.39 is 0 Å². The van der Waals surface area contributed by atoms with E-state index in [0.29, 0.717) is 38.2 Å². The molecule has 1 aromatic rings. The van der Waals surface area contributed by atoms with E-state index in [1.165, 1.54) is 6.42 Å². The number of carbonyl (C=O) groups excluding carboxylic acids is 1. The number of methoxy groups -OCH3 is 1. The second kappa shape index (κ2) is 15.3. The fourth-order valence-corrected chi connectivity index (χ4v) is 3.38. The molecule has 0 bridgehead atoms. The number of rotatable bonds is 10. The highest BCUT2D eigenvalue weighted by atomic mass is 127. The summed E-state index contributed by atoms with van der Waals surface area (Å²) in [5, 5.41) is 6.52. The van der Waals surface area contributed by atoms with E-state index in [0.717, 1.165) is 43.8 Å². The van der Waals surface area contributed by atoms with Gasteiger partial charge in [0.05, 0.1) is 13.2 Å². The van der Waals surface area contributed by atoms with E-state index in [-0.39, 0.29) is 29.9 Å². The van der Waals surface area contributed by atoms with Crippen LogP contribution in [0.15, 0.2) is 29.3 Å². The fraction of sp³-hybridized carbons (Fsp3) is 0.636. The zero-order valence-electron chi connectivity index (χ0n) is 18.5. The van der Waals surface area contributed by atoms with Crippen LogP contribution in [-0.4, -0.2) is 62.8 Å². The standard InChI is InChI=1S/C22H36N4O3.HI/c1-4-23-22(24-13-12-21(27)26-14-6-5-9-18(26)2)25-19-10-7-11-20(17-19)29-16-8-15-28-3;/h7,10-11,17-18H,4-6,8-9,12-16H2,1-3H3,(H2,23,24,25);1H. The molecule has 170 valence electrons. The normalized spacial score (nSPS) is 16.6. The quantitative estimate of drug-likeness (QED) is 0.207. The van der Waals surface area contributed by atoms with E-state index >= 15 is 0 Å². The van der Waals surface area contributed by atoms with Crippen molar-refractivity contribution in [3.8, 4) is 5.75 Å². The van der Waals surface area contributed by atoms with E-state index in [4.69, 9.17) is 9.47 Å². The van der Waals surface area contributed by atoms with Crippen molar-refractivity contribution in [2.24, 2.45) is 4.99 Å². The average molecular weight is 532 g/mol. The molecule has 1 unspecified atom stereocenters. The number of carbonyl (C=O) groups is 1. The van der Waals surface area contributed by atoms with Gasteiger partial charge in [-0.2, -0.15) is 0 Å². The number of aliphatic imine (C=N–C) groups is 1. The second-order valence-electron chi connectivity index (χ2n) is 7.29. The van der Waals surface area contributed by atoms with E-state index in [1.807, 2.05) is 36.1 Å². The molecule has 1 aromatic carbocycles. The summed E-state index contributed by atoms with van der Waals surface area (Å²) >= 11 is 0. The summed E-state index contributed by atoms with van der Waals surface area (Å²) in [6.07, 6.45) is 4.70. The Morgan fingerprint density at radius 2 is 2.13 bits per heavy atom. The number of halogens is 1. The minimum absolute atomic E-state index is 0. The SMILES string of the molecule is CCNC(=NCCC(=O)N1CCCCC1C)Nc1cccc(OCCCOC)c1.I. The molecule has 1 aliphatic heterocycles. The highest BCUT2D eigenvalue weighted by molar-refractivity contribution is 14.0. The van der Waals surface area contributed by atoms with Gasteiger partial charge >= 0.3 is 0 Å². The van der Waals surface area contributed by atoms with Gasteiger partial charge in [0, 0.05) is 57.4 Å². The Labute approximate surface area is 198 Å². The number of nitrogens with one attached hydrogen (secondary N) is 2. The van der Waals surface area contributed by atoms with Crippen molar-refractivity contribution >= 4 is 41.5 Å². The van der Waals surface area contributed by atoms with Crippen LogP contribution in [0.1, 0.15) is 46.0 Å². The fourth-order valence-electron chi connectivity index (χ4n) is 3.38. The second-order valence-corrected chi connectivity index (χ2v) is 7.29. The molecule has 0 saturated carbocycles. The molecule has 2 rings (SSSR count). The molecule has 0 spiro atoms. The lowest BCUT2D eigenvalue weighted by atomic mass is 10.0. The van der Waals surface area contributed by atoms with Gasteiger partial charge in [-0.1, -0.05) is 6.07 Å². The number of benzene rings is 1. The van der Waals surface area contributed by atoms with Crippen LogP contribution < -0.4 is 15.4 Å². The zero-order valence-corrected chi connectivity index (χ0v) is 20.8. The molecule has 0 aliphatic carbocycles. The first-order valence-corrected chi connectivity index (χ1v) is 10.7. The van der Waals surface area contributed by atoms with E-state index in [9.17, 15) is 4.79 Å². The number of likely N-dealkylation sites (tertiary alicyclic amines) is 1. The van der Waals surface area contributed by atoms with Crippen LogP contribution in [-0.2, 0) is 9.53 Å². The summed E-state index contributed by atoms with van der Waals surface area (Å²) in [5.74, 6) is 1.67. The lowest BCUT2D eigenvalue weighted by molar-refractivity contribution is -0.134. The molecule has 7 nitrogen and oxygen atoms in total. The number of piperidine rings is 1. The van der Waals surface area contributed by atoms with Crippen LogP contribution in [0.25, 0.3) is 0 Å². The van der Waals surface area contributed by atoms with Gasteiger partial charge in [0.2, 0.25) is 5.91 Å². The molecule has 0 radical (unpaired) electrons. The Morgan fingerprint density at radius 3 is 2.87 bits per heavy atom. The number of hydrogen-bond donors (Lipinski definition) is 2. The Morgan fingerprint density at radius 1 is 1.30 bits per heavy atom. The molecule has 1 heterocycles. The summed E-state index contributed by atoms with van der Waals surface area (Å²) in [4.78, 5) is 19.1. The topological polar surface area (TPSA) is 75.2 Å². The number of guanidine groups is 1. The maximum atomic E-state index is 12.5. The van der Waals surface area contributed by atoms with Crippen molar-refractivity contribution < 1.29 is 14.3 Å². The van der Waals surface area contributed by atoms with Gasteiger partial charge in [0.25, 0.3) is 0 Å². The summed E-state index contributed by atoms with van der Waals surface area (Å²) < 4.78 is 10.8. The summed E-state index contributed by atoms with van der Waals surface area (Å²) in [6, 6.07) is 8.13. The van der Waals surface area contributed by atoms with Gasteiger partial charge in [0.1, 0.15) is 5.75 Å². The van der Waals surface area contributed by atoms with Crippen molar-refractivity contribution in [3.05, 3.63) is 24.3 Å². The third-order valence-electron chi connectivity index (χ3n) is 4.92. The number of amides is 1.